The average molecular weight is 248 g/mol. The van der Waals surface area contributed by atoms with E-state index in [0.717, 1.165) is 38.4 Å². The summed E-state index contributed by atoms with van der Waals surface area (Å²) in [4.78, 5) is 2.45. The van der Waals surface area contributed by atoms with Crippen molar-refractivity contribution in [1.82, 2.24) is 10.6 Å². The maximum atomic E-state index is 5.89. The van der Waals surface area contributed by atoms with Crippen LogP contribution >= 0.6 is 0 Å². The van der Waals surface area contributed by atoms with E-state index in [9.17, 15) is 0 Å². The molecule has 1 aromatic carbocycles. The molecule has 0 saturated heterocycles. The first kappa shape index (κ1) is 13.2. The van der Waals surface area contributed by atoms with E-state index in [2.05, 4.69) is 27.7 Å². The molecule has 0 saturated carbocycles. The van der Waals surface area contributed by atoms with Crippen molar-refractivity contribution in [2.75, 3.05) is 50.4 Å². The molecule has 4 nitrogen and oxygen atoms in total. The predicted molar refractivity (Wildman–Crippen MR) is 78.2 cm³/mol. The molecule has 0 radical (unpaired) electrons. The number of fused-ring (bicyclic) bond motifs is 1. The number of likely N-dealkylation sites (N-methyl/N-ethyl adjacent to an activating group) is 1. The minimum Gasteiger partial charge on any atom is -0.399 e. The van der Waals surface area contributed by atoms with Crippen LogP contribution in [0.5, 0.6) is 0 Å². The second-order valence-corrected chi connectivity index (χ2v) is 4.83. The molecule has 1 aliphatic rings. The number of anilines is 2. The van der Waals surface area contributed by atoms with Gasteiger partial charge in [0.25, 0.3) is 0 Å². The molecule has 18 heavy (non-hydrogen) atoms. The number of benzene rings is 1. The smallest absolute Gasteiger partial charge is 0.0419 e. The Balaban J connectivity index is 1.89. The van der Waals surface area contributed by atoms with E-state index in [-0.39, 0.29) is 0 Å². The zero-order valence-corrected chi connectivity index (χ0v) is 11.2. The Bertz CT molecular complexity index is 378. The number of nitrogens with two attached hydrogens (primary N) is 1. The lowest BCUT2D eigenvalue weighted by molar-refractivity contribution is 0.616. The normalized spacial score (nSPS) is 14.6. The lowest BCUT2D eigenvalue weighted by atomic mass is 10.0. The van der Waals surface area contributed by atoms with Gasteiger partial charge in [-0.3, -0.25) is 0 Å². The highest BCUT2D eigenvalue weighted by Crippen LogP contribution is 2.28. The van der Waals surface area contributed by atoms with Gasteiger partial charge in [-0.2, -0.15) is 0 Å². The first-order valence-electron chi connectivity index (χ1n) is 6.80. The van der Waals surface area contributed by atoms with Gasteiger partial charge in [0.1, 0.15) is 0 Å². The summed E-state index contributed by atoms with van der Waals surface area (Å²) in [7, 11) is 1.98. The van der Waals surface area contributed by atoms with E-state index < -0.39 is 0 Å². The molecular weight excluding hydrogens is 224 g/mol. The van der Waals surface area contributed by atoms with Crippen molar-refractivity contribution in [2.24, 2.45) is 0 Å². The molecule has 0 spiro atoms. The second-order valence-electron chi connectivity index (χ2n) is 4.83. The van der Waals surface area contributed by atoms with Crippen molar-refractivity contribution in [1.29, 1.82) is 0 Å². The van der Waals surface area contributed by atoms with E-state index >= 15 is 0 Å². The van der Waals surface area contributed by atoms with Crippen LogP contribution in [-0.2, 0) is 6.42 Å². The molecule has 100 valence electrons. The highest BCUT2D eigenvalue weighted by atomic mass is 15.2. The first-order chi connectivity index (χ1) is 8.81. The van der Waals surface area contributed by atoms with E-state index in [0.29, 0.717) is 0 Å². The topological polar surface area (TPSA) is 53.3 Å². The van der Waals surface area contributed by atoms with Crippen molar-refractivity contribution >= 4 is 11.4 Å². The van der Waals surface area contributed by atoms with Gasteiger partial charge in [-0.15, -0.1) is 0 Å². The molecule has 0 unspecified atom stereocenters. The molecular formula is C14H24N4. The number of rotatable bonds is 6. The largest absolute Gasteiger partial charge is 0.399 e. The van der Waals surface area contributed by atoms with Crippen LogP contribution in [0, 0.1) is 0 Å². The van der Waals surface area contributed by atoms with Crippen LogP contribution in [0.25, 0.3) is 0 Å². The first-order valence-corrected chi connectivity index (χ1v) is 6.80. The molecule has 1 aliphatic heterocycles. The third-order valence-corrected chi connectivity index (χ3v) is 3.43. The number of hydrogen-bond donors (Lipinski definition) is 3. The molecule has 0 bridgehead atoms. The van der Waals surface area contributed by atoms with Crippen molar-refractivity contribution < 1.29 is 0 Å². The van der Waals surface area contributed by atoms with Gasteiger partial charge >= 0.3 is 0 Å². The Kier molecular flexibility index (Phi) is 4.84. The van der Waals surface area contributed by atoms with E-state index in [4.69, 9.17) is 5.73 Å². The van der Waals surface area contributed by atoms with Crippen LogP contribution in [-0.4, -0.2) is 39.8 Å². The monoisotopic (exact) mass is 248 g/mol. The zero-order valence-electron chi connectivity index (χ0n) is 11.2. The maximum absolute atomic E-state index is 5.89. The Labute approximate surface area is 110 Å². The average Bonchev–Trinajstić information content (AvgIpc) is 2.39. The van der Waals surface area contributed by atoms with E-state index in [1.807, 2.05) is 13.1 Å². The number of nitrogens with one attached hydrogen (secondary N) is 2. The lowest BCUT2D eigenvalue weighted by Crippen LogP contribution is -2.37. The highest BCUT2D eigenvalue weighted by molar-refractivity contribution is 5.62. The number of nitrogen functional groups attached to an aromatic ring is 1. The molecule has 0 atom stereocenters. The van der Waals surface area contributed by atoms with Crippen LogP contribution in [0.2, 0.25) is 0 Å². The van der Waals surface area contributed by atoms with Gasteiger partial charge in [-0.25, -0.2) is 0 Å². The maximum Gasteiger partial charge on any atom is 0.0419 e. The fourth-order valence-electron chi connectivity index (χ4n) is 2.45. The summed E-state index contributed by atoms with van der Waals surface area (Å²) >= 11 is 0. The van der Waals surface area contributed by atoms with Crippen molar-refractivity contribution in [3.05, 3.63) is 23.8 Å². The predicted octanol–water partition coefficient (Wildman–Crippen LogP) is 0.830. The fraction of sp³-hybridized carbons (Fsp3) is 0.571. The van der Waals surface area contributed by atoms with Gasteiger partial charge in [0.2, 0.25) is 0 Å². The molecule has 4 N–H and O–H groups in total. The lowest BCUT2D eigenvalue weighted by Gasteiger charge is -2.31. The van der Waals surface area contributed by atoms with Gasteiger partial charge < -0.3 is 21.3 Å². The molecule has 1 aromatic rings. The summed E-state index contributed by atoms with van der Waals surface area (Å²) in [5.74, 6) is 0. The molecule has 0 amide bonds. The quantitative estimate of drug-likeness (QED) is 0.515. The van der Waals surface area contributed by atoms with Crippen LogP contribution in [0.4, 0.5) is 11.4 Å². The highest BCUT2D eigenvalue weighted by Gasteiger charge is 2.16. The van der Waals surface area contributed by atoms with Crippen LogP contribution in [0.3, 0.4) is 0 Å². The van der Waals surface area contributed by atoms with Gasteiger partial charge in [-0.05, 0) is 37.6 Å². The van der Waals surface area contributed by atoms with Crippen LogP contribution in [0.15, 0.2) is 18.2 Å². The molecule has 0 aromatic heterocycles. The zero-order chi connectivity index (χ0) is 12.8. The fourth-order valence-corrected chi connectivity index (χ4v) is 2.45. The minimum atomic E-state index is 0.865. The van der Waals surface area contributed by atoms with Gasteiger partial charge in [0, 0.05) is 44.1 Å². The van der Waals surface area contributed by atoms with Crippen LogP contribution < -0.4 is 21.3 Å². The van der Waals surface area contributed by atoms with Crippen molar-refractivity contribution in [3.63, 3.8) is 0 Å². The van der Waals surface area contributed by atoms with Gasteiger partial charge in [-0.1, -0.05) is 6.07 Å². The molecule has 2 rings (SSSR count). The number of hydrogen-bond acceptors (Lipinski definition) is 4. The standard InChI is InChI=1S/C14H24N4/c1-16-6-7-17-8-10-18-9-2-3-12-4-5-13(15)11-14(12)18/h4-5,11,16-17H,2-3,6-10,15H2,1H3. The summed E-state index contributed by atoms with van der Waals surface area (Å²) in [5.41, 5.74) is 9.52. The van der Waals surface area contributed by atoms with E-state index in [1.54, 1.807) is 0 Å². The summed E-state index contributed by atoms with van der Waals surface area (Å²) in [6, 6.07) is 6.29. The number of nitrogens with zero attached hydrogens (tertiary/aromatic N) is 1. The van der Waals surface area contributed by atoms with Gasteiger partial charge in [0.15, 0.2) is 0 Å². The molecule has 4 heteroatoms. The summed E-state index contributed by atoms with van der Waals surface area (Å²) < 4.78 is 0. The summed E-state index contributed by atoms with van der Waals surface area (Å²) in [6.07, 6.45) is 2.42. The van der Waals surface area contributed by atoms with Crippen molar-refractivity contribution in [3.8, 4) is 0 Å². The molecule has 1 heterocycles. The third-order valence-electron chi connectivity index (χ3n) is 3.43. The Morgan fingerprint density at radius 1 is 1.28 bits per heavy atom. The second kappa shape index (κ2) is 6.61. The molecule has 0 aliphatic carbocycles. The van der Waals surface area contributed by atoms with Crippen molar-refractivity contribution in [2.45, 2.75) is 12.8 Å². The van der Waals surface area contributed by atoms with E-state index in [1.165, 1.54) is 24.1 Å². The minimum absolute atomic E-state index is 0.865. The Morgan fingerprint density at radius 3 is 3.00 bits per heavy atom. The Hall–Kier alpha value is -1.26. The SMILES string of the molecule is CNCCNCCN1CCCc2ccc(N)cc21. The number of aryl methyl sites for hydroxylation is 1. The Morgan fingerprint density at radius 2 is 2.17 bits per heavy atom. The van der Waals surface area contributed by atoms with Gasteiger partial charge in [0.05, 0.1) is 0 Å². The third kappa shape index (κ3) is 3.37. The summed E-state index contributed by atoms with van der Waals surface area (Å²) in [5, 5.41) is 6.58. The molecule has 0 fully saturated rings. The van der Waals surface area contributed by atoms with Crippen LogP contribution in [0.1, 0.15) is 12.0 Å². The summed E-state index contributed by atoms with van der Waals surface area (Å²) in [6.45, 7) is 5.26.